The summed E-state index contributed by atoms with van der Waals surface area (Å²) in [5.41, 5.74) is 1.81. The summed E-state index contributed by atoms with van der Waals surface area (Å²) in [6.45, 7) is 3.60. The van der Waals surface area contributed by atoms with Crippen LogP contribution >= 0.6 is 0 Å². The van der Waals surface area contributed by atoms with Crippen molar-refractivity contribution in [3.05, 3.63) is 71.8 Å². The maximum Gasteiger partial charge on any atom is 0.113 e. The minimum Gasteiger partial charge on any atom is -0.385 e. The fraction of sp³-hybridized carbons (Fsp3) is 0.333. The first-order chi connectivity index (χ1) is 10.3. The monoisotopic (exact) mass is 286 g/mol. The van der Waals surface area contributed by atoms with E-state index in [1.165, 1.54) is 0 Å². The maximum absolute atomic E-state index is 10.6. The molecule has 0 aliphatic heterocycles. The lowest BCUT2D eigenvalue weighted by molar-refractivity contribution is -0.0588. The first-order valence-corrected chi connectivity index (χ1v) is 7.30. The highest BCUT2D eigenvalue weighted by molar-refractivity contribution is 5.25. The summed E-state index contributed by atoms with van der Waals surface area (Å²) in [7, 11) is 0. The van der Waals surface area contributed by atoms with Gasteiger partial charge in [0.15, 0.2) is 0 Å². The second-order valence-corrected chi connectivity index (χ2v) is 4.75. The van der Waals surface area contributed by atoms with E-state index < -0.39 is 12.2 Å². The van der Waals surface area contributed by atoms with Crippen molar-refractivity contribution in [3.63, 3.8) is 0 Å². The molecule has 2 unspecified atom stereocenters. The highest BCUT2D eigenvalue weighted by Crippen LogP contribution is 2.31. The number of benzene rings is 2. The molecule has 0 aliphatic carbocycles. The van der Waals surface area contributed by atoms with Crippen LogP contribution in [0.3, 0.4) is 0 Å². The molecule has 2 atom stereocenters. The molecule has 0 bridgehead atoms. The molecule has 0 heterocycles. The Kier molecular flexibility index (Phi) is 6.41. The van der Waals surface area contributed by atoms with E-state index in [4.69, 9.17) is 9.47 Å². The normalized spacial score (nSPS) is 13.8. The molecule has 2 rings (SSSR count). The zero-order valence-corrected chi connectivity index (χ0v) is 12.3. The highest BCUT2D eigenvalue weighted by Gasteiger charge is 2.23. The molecule has 2 aromatic rings. The molecule has 0 fully saturated rings. The Morgan fingerprint density at radius 1 is 0.857 bits per heavy atom. The summed E-state index contributed by atoms with van der Waals surface area (Å²) in [6.07, 6.45) is -1.09. The topological polar surface area (TPSA) is 38.7 Å². The number of hydrogen-bond donors (Lipinski definition) is 1. The Balaban J connectivity index is 2.11. The van der Waals surface area contributed by atoms with Crippen molar-refractivity contribution in [2.24, 2.45) is 0 Å². The Morgan fingerprint density at radius 3 is 2.00 bits per heavy atom. The van der Waals surface area contributed by atoms with Crippen molar-refractivity contribution >= 4 is 0 Å². The van der Waals surface area contributed by atoms with Crippen LogP contribution in [0.25, 0.3) is 0 Å². The molecular formula is C18H22O3. The summed E-state index contributed by atoms with van der Waals surface area (Å²) >= 11 is 0. The van der Waals surface area contributed by atoms with Gasteiger partial charge in [-0.05, 0) is 18.1 Å². The van der Waals surface area contributed by atoms with E-state index >= 15 is 0 Å². The Labute approximate surface area is 126 Å². The Hall–Kier alpha value is -1.68. The van der Waals surface area contributed by atoms with Crippen molar-refractivity contribution in [3.8, 4) is 0 Å². The van der Waals surface area contributed by atoms with E-state index in [-0.39, 0.29) is 0 Å². The van der Waals surface area contributed by atoms with Crippen molar-refractivity contribution in [2.75, 3.05) is 19.8 Å². The quantitative estimate of drug-likeness (QED) is 0.755. The second kappa shape index (κ2) is 8.57. The fourth-order valence-corrected chi connectivity index (χ4v) is 2.22. The van der Waals surface area contributed by atoms with Crippen molar-refractivity contribution < 1.29 is 14.6 Å². The third-order valence-electron chi connectivity index (χ3n) is 3.29. The molecule has 0 spiro atoms. The molecular weight excluding hydrogens is 264 g/mol. The summed E-state index contributed by atoms with van der Waals surface area (Å²) in [4.78, 5) is 0. The van der Waals surface area contributed by atoms with Crippen LogP contribution < -0.4 is 0 Å². The summed E-state index contributed by atoms with van der Waals surface area (Å²) in [5.74, 6) is 0. The third kappa shape index (κ3) is 4.67. The predicted molar refractivity (Wildman–Crippen MR) is 83.0 cm³/mol. The van der Waals surface area contributed by atoms with Crippen LogP contribution in [0.4, 0.5) is 0 Å². The zero-order chi connectivity index (χ0) is 14.9. The summed E-state index contributed by atoms with van der Waals surface area (Å²) in [5, 5.41) is 10.6. The number of ether oxygens (including phenoxy) is 2. The van der Waals surface area contributed by atoms with Crippen LogP contribution in [0, 0.1) is 0 Å². The highest BCUT2D eigenvalue weighted by atomic mass is 16.5. The summed E-state index contributed by atoms with van der Waals surface area (Å²) in [6, 6.07) is 19.4. The lowest BCUT2D eigenvalue weighted by Gasteiger charge is -2.24. The SMILES string of the molecule is CCOCCOC(c1ccccc1)C(O)c1ccccc1. The van der Waals surface area contributed by atoms with Crippen molar-refractivity contribution in [1.29, 1.82) is 0 Å². The van der Waals surface area contributed by atoms with E-state index in [9.17, 15) is 5.11 Å². The van der Waals surface area contributed by atoms with Crippen molar-refractivity contribution in [2.45, 2.75) is 19.1 Å². The first kappa shape index (κ1) is 15.7. The van der Waals surface area contributed by atoms with Crippen LogP contribution in [0.1, 0.15) is 30.3 Å². The smallest absolute Gasteiger partial charge is 0.113 e. The molecule has 0 aromatic heterocycles. The van der Waals surface area contributed by atoms with Gasteiger partial charge < -0.3 is 14.6 Å². The maximum atomic E-state index is 10.6. The van der Waals surface area contributed by atoms with Crippen LogP contribution in [-0.2, 0) is 9.47 Å². The molecule has 112 valence electrons. The van der Waals surface area contributed by atoms with Gasteiger partial charge in [-0.25, -0.2) is 0 Å². The van der Waals surface area contributed by atoms with Crippen molar-refractivity contribution in [1.82, 2.24) is 0 Å². The fourth-order valence-electron chi connectivity index (χ4n) is 2.22. The van der Waals surface area contributed by atoms with E-state index in [1.54, 1.807) is 0 Å². The lowest BCUT2D eigenvalue weighted by atomic mass is 9.98. The van der Waals surface area contributed by atoms with E-state index in [1.807, 2.05) is 67.6 Å². The van der Waals surface area contributed by atoms with Gasteiger partial charge in [0.2, 0.25) is 0 Å². The van der Waals surface area contributed by atoms with Crippen LogP contribution in [-0.4, -0.2) is 24.9 Å². The molecule has 0 radical (unpaired) electrons. The Morgan fingerprint density at radius 2 is 1.43 bits per heavy atom. The molecule has 0 aliphatic rings. The minimum atomic E-state index is -0.699. The minimum absolute atomic E-state index is 0.394. The first-order valence-electron chi connectivity index (χ1n) is 7.30. The van der Waals surface area contributed by atoms with Crippen LogP contribution in [0.2, 0.25) is 0 Å². The van der Waals surface area contributed by atoms with Gasteiger partial charge in [-0.2, -0.15) is 0 Å². The van der Waals surface area contributed by atoms with E-state index in [0.717, 1.165) is 11.1 Å². The summed E-state index contributed by atoms with van der Waals surface area (Å²) < 4.78 is 11.2. The van der Waals surface area contributed by atoms with Gasteiger partial charge in [-0.15, -0.1) is 0 Å². The average molecular weight is 286 g/mol. The number of rotatable bonds is 8. The van der Waals surface area contributed by atoms with Gasteiger partial charge in [-0.1, -0.05) is 60.7 Å². The number of aliphatic hydroxyl groups excluding tert-OH is 1. The van der Waals surface area contributed by atoms with Crippen LogP contribution in [0.5, 0.6) is 0 Å². The van der Waals surface area contributed by atoms with Gasteiger partial charge in [0.05, 0.1) is 13.2 Å². The third-order valence-corrected chi connectivity index (χ3v) is 3.29. The standard InChI is InChI=1S/C18H22O3/c1-2-20-13-14-21-18(16-11-7-4-8-12-16)17(19)15-9-5-3-6-10-15/h3-12,17-19H,2,13-14H2,1H3. The molecule has 2 aromatic carbocycles. The molecule has 1 N–H and O–H groups in total. The number of hydrogen-bond acceptors (Lipinski definition) is 3. The molecule has 21 heavy (non-hydrogen) atoms. The van der Waals surface area contributed by atoms with Gasteiger partial charge in [-0.3, -0.25) is 0 Å². The second-order valence-electron chi connectivity index (χ2n) is 4.75. The largest absolute Gasteiger partial charge is 0.385 e. The van der Waals surface area contributed by atoms with Gasteiger partial charge >= 0.3 is 0 Å². The van der Waals surface area contributed by atoms with Gasteiger partial charge in [0, 0.05) is 6.61 Å². The van der Waals surface area contributed by atoms with E-state index in [2.05, 4.69) is 0 Å². The van der Waals surface area contributed by atoms with Gasteiger partial charge in [0.1, 0.15) is 12.2 Å². The molecule has 0 saturated heterocycles. The molecule has 0 amide bonds. The molecule has 3 nitrogen and oxygen atoms in total. The zero-order valence-electron chi connectivity index (χ0n) is 12.3. The van der Waals surface area contributed by atoms with Crippen LogP contribution in [0.15, 0.2) is 60.7 Å². The molecule has 3 heteroatoms. The number of aliphatic hydroxyl groups is 1. The average Bonchev–Trinajstić information content (AvgIpc) is 2.56. The lowest BCUT2D eigenvalue weighted by Crippen LogP contribution is -2.17. The molecule has 0 saturated carbocycles. The Bertz CT molecular complexity index is 498. The predicted octanol–water partition coefficient (Wildman–Crippen LogP) is 3.51. The van der Waals surface area contributed by atoms with Gasteiger partial charge in [0.25, 0.3) is 0 Å². The van der Waals surface area contributed by atoms with E-state index in [0.29, 0.717) is 19.8 Å².